The Bertz CT molecular complexity index is 188. The van der Waals surface area contributed by atoms with E-state index < -0.39 is 5.60 Å². The van der Waals surface area contributed by atoms with Crippen molar-refractivity contribution in [3.63, 3.8) is 0 Å². The van der Waals surface area contributed by atoms with E-state index in [4.69, 9.17) is 4.74 Å². The Morgan fingerprint density at radius 3 is 2.62 bits per heavy atom. The van der Waals surface area contributed by atoms with Gasteiger partial charge in [0.1, 0.15) is 0 Å². The molecule has 1 aliphatic carbocycles. The SMILES string of the molecule is COCCC(C)NCC(C)(O)C1CCCC1. The summed E-state index contributed by atoms with van der Waals surface area (Å²) in [6.07, 6.45) is 5.92. The molecule has 0 aliphatic heterocycles. The van der Waals surface area contributed by atoms with Crippen LogP contribution < -0.4 is 5.32 Å². The van der Waals surface area contributed by atoms with Gasteiger partial charge < -0.3 is 15.2 Å². The zero-order valence-electron chi connectivity index (χ0n) is 11.0. The Hall–Kier alpha value is -0.120. The van der Waals surface area contributed by atoms with Gasteiger partial charge in [-0.25, -0.2) is 0 Å². The van der Waals surface area contributed by atoms with Crippen molar-refractivity contribution in [1.29, 1.82) is 0 Å². The summed E-state index contributed by atoms with van der Waals surface area (Å²) < 4.78 is 5.04. The molecule has 3 nitrogen and oxygen atoms in total. The Kier molecular flexibility index (Phi) is 5.73. The lowest BCUT2D eigenvalue weighted by Crippen LogP contribution is -2.46. The average molecular weight is 229 g/mol. The highest BCUT2D eigenvalue weighted by atomic mass is 16.5. The minimum absolute atomic E-state index is 0.410. The van der Waals surface area contributed by atoms with E-state index in [-0.39, 0.29) is 0 Å². The van der Waals surface area contributed by atoms with E-state index in [0.717, 1.165) is 13.0 Å². The lowest BCUT2D eigenvalue weighted by Gasteiger charge is -2.31. The molecule has 1 aliphatic rings. The molecule has 2 N–H and O–H groups in total. The summed E-state index contributed by atoms with van der Waals surface area (Å²) in [6, 6.07) is 0.410. The first-order valence-electron chi connectivity index (χ1n) is 6.51. The first-order valence-corrected chi connectivity index (χ1v) is 6.51. The van der Waals surface area contributed by atoms with Gasteiger partial charge in [-0.15, -0.1) is 0 Å². The third-order valence-corrected chi connectivity index (χ3v) is 3.80. The fraction of sp³-hybridized carbons (Fsp3) is 1.00. The molecule has 0 aromatic heterocycles. The molecule has 1 saturated carbocycles. The number of ether oxygens (including phenoxy) is 1. The number of hydrogen-bond acceptors (Lipinski definition) is 3. The molecule has 3 heteroatoms. The molecular weight excluding hydrogens is 202 g/mol. The number of rotatable bonds is 7. The molecule has 0 aromatic carbocycles. The number of hydrogen-bond donors (Lipinski definition) is 2. The highest BCUT2D eigenvalue weighted by Crippen LogP contribution is 2.33. The lowest BCUT2D eigenvalue weighted by atomic mass is 9.87. The van der Waals surface area contributed by atoms with E-state index in [9.17, 15) is 5.11 Å². The second-order valence-electron chi connectivity index (χ2n) is 5.40. The lowest BCUT2D eigenvalue weighted by molar-refractivity contribution is -0.000169. The molecule has 2 atom stereocenters. The van der Waals surface area contributed by atoms with Crippen LogP contribution in [0.2, 0.25) is 0 Å². The van der Waals surface area contributed by atoms with E-state index >= 15 is 0 Å². The Labute approximate surface area is 99.6 Å². The molecule has 0 amide bonds. The van der Waals surface area contributed by atoms with Crippen molar-refractivity contribution >= 4 is 0 Å². The highest BCUT2D eigenvalue weighted by molar-refractivity contribution is 4.87. The molecule has 0 aromatic rings. The monoisotopic (exact) mass is 229 g/mol. The molecule has 0 bridgehead atoms. The van der Waals surface area contributed by atoms with E-state index in [1.54, 1.807) is 7.11 Å². The first-order chi connectivity index (χ1) is 7.56. The second-order valence-corrected chi connectivity index (χ2v) is 5.40. The van der Waals surface area contributed by atoms with E-state index in [1.165, 1.54) is 25.7 Å². The van der Waals surface area contributed by atoms with Crippen molar-refractivity contribution in [2.24, 2.45) is 5.92 Å². The van der Waals surface area contributed by atoms with Gasteiger partial charge in [-0.05, 0) is 39.0 Å². The third-order valence-electron chi connectivity index (χ3n) is 3.80. The van der Waals surface area contributed by atoms with Crippen LogP contribution >= 0.6 is 0 Å². The van der Waals surface area contributed by atoms with Crippen LogP contribution in [0.15, 0.2) is 0 Å². The molecule has 1 fully saturated rings. The summed E-state index contributed by atoms with van der Waals surface area (Å²) in [4.78, 5) is 0. The van der Waals surface area contributed by atoms with Gasteiger partial charge in [-0.1, -0.05) is 12.8 Å². The average Bonchev–Trinajstić information content (AvgIpc) is 2.77. The van der Waals surface area contributed by atoms with Gasteiger partial charge in [0.05, 0.1) is 5.60 Å². The smallest absolute Gasteiger partial charge is 0.0771 e. The molecule has 1 rings (SSSR count). The van der Waals surface area contributed by atoms with E-state index in [0.29, 0.717) is 18.5 Å². The zero-order chi connectivity index (χ0) is 12.0. The topological polar surface area (TPSA) is 41.5 Å². The Balaban J connectivity index is 2.23. The minimum Gasteiger partial charge on any atom is -0.389 e. The predicted molar refractivity (Wildman–Crippen MR) is 66.5 cm³/mol. The van der Waals surface area contributed by atoms with Gasteiger partial charge in [-0.2, -0.15) is 0 Å². The maximum Gasteiger partial charge on any atom is 0.0771 e. The van der Waals surface area contributed by atoms with Crippen LogP contribution in [-0.2, 0) is 4.74 Å². The van der Waals surface area contributed by atoms with Crippen molar-refractivity contribution in [1.82, 2.24) is 5.32 Å². The number of aliphatic hydroxyl groups is 1. The van der Waals surface area contributed by atoms with E-state index in [1.807, 2.05) is 6.92 Å². The summed E-state index contributed by atoms with van der Waals surface area (Å²) >= 11 is 0. The van der Waals surface area contributed by atoms with Crippen molar-refractivity contribution < 1.29 is 9.84 Å². The molecular formula is C13H27NO2. The van der Waals surface area contributed by atoms with E-state index in [2.05, 4.69) is 12.2 Å². The van der Waals surface area contributed by atoms with Crippen LogP contribution in [0.3, 0.4) is 0 Å². The van der Waals surface area contributed by atoms with Gasteiger partial charge in [0.25, 0.3) is 0 Å². The van der Waals surface area contributed by atoms with Crippen LogP contribution in [-0.4, -0.2) is 37.0 Å². The molecule has 0 heterocycles. The van der Waals surface area contributed by atoms with Crippen molar-refractivity contribution in [3.8, 4) is 0 Å². The molecule has 96 valence electrons. The molecule has 0 radical (unpaired) electrons. The Morgan fingerprint density at radius 2 is 2.06 bits per heavy atom. The summed E-state index contributed by atoms with van der Waals surface area (Å²) in [6.45, 7) is 5.59. The van der Waals surface area contributed by atoms with Crippen molar-refractivity contribution in [2.75, 3.05) is 20.3 Å². The maximum absolute atomic E-state index is 10.4. The minimum atomic E-state index is -0.544. The van der Waals surface area contributed by atoms with Gasteiger partial charge in [0, 0.05) is 26.3 Å². The normalized spacial score (nSPS) is 23.2. The number of nitrogens with one attached hydrogen (secondary N) is 1. The van der Waals surface area contributed by atoms with Crippen LogP contribution in [0.25, 0.3) is 0 Å². The van der Waals surface area contributed by atoms with Gasteiger partial charge in [-0.3, -0.25) is 0 Å². The van der Waals surface area contributed by atoms with Crippen LogP contribution in [0, 0.1) is 5.92 Å². The third kappa shape index (κ3) is 4.40. The predicted octanol–water partition coefficient (Wildman–Crippen LogP) is 1.94. The molecule has 0 saturated heterocycles. The largest absolute Gasteiger partial charge is 0.389 e. The summed E-state index contributed by atoms with van der Waals surface area (Å²) in [5.41, 5.74) is -0.544. The Morgan fingerprint density at radius 1 is 1.44 bits per heavy atom. The van der Waals surface area contributed by atoms with Gasteiger partial charge >= 0.3 is 0 Å². The first kappa shape index (κ1) is 13.9. The van der Waals surface area contributed by atoms with Crippen molar-refractivity contribution in [2.45, 2.75) is 57.6 Å². The standard InChI is InChI=1S/C13H27NO2/c1-11(8-9-16-3)14-10-13(2,15)12-6-4-5-7-12/h11-12,14-15H,4-10H2,1-3H3. The molecule has 16 heavy (non-hydrogen) atoms. The molecule has 0 spiro atoms. The van der Waals surface area contributed by atoms with Crippen LogP contribution in [0.4, 0.5) is 0 Å². The summed E-state index contributed by atoms with van der Waals surface area (Å²) in [7, 11) is 1.72. The highest BCUT2D eigenvalue weighted by Gasteiger charge is 2.33. The quantitative estimate of drug-likeness (QED) is 0.701. The summed E-state index contributed by atoms with van der Waals surface area (Å²) in [5, 5.41) is 13.8. The van der Waals surface area contributed by atoms with Gasteiger partial charge in [0.2, 0.25) is 0 Å². The second kappa shape index (κ2) is 6.58. The van der Waals surface area contributed by atoms with Crippen LogP contribution in [0.5, 0.6) is 0 Å². The summed E-state index contributed by atoms with van der Waals surface area (Å²) in [5.74, 6) is 0.481. The zero-order valence-corrected chi connectivity index (χ0v) is 11.0. The van der Waals surface area contributed by atoms with Crippen LogP contribution in [0.1, 0.15) is 46.0 Å². The fourth-order valence-corrected chi connectivity index (χ4v) is 2.47. The molecule has 2 unspecified atom stereocenters. The van der Waals surface area contributed by atoms with Crippen molar-refractivity contribution in [3.05, 3.63) is 0 Å². The fourth-order valence-electron chi connectivity index (χ4n) is 2.47. The number of methoxy groups -OCH3 is 1. The maximum atomic E-state index is 10.4. The van der Waals surface area contributed by atoms with Gasteiger partial charge in [0.15, 0.2) is 0 Å².